The van der Waals surface area contributed by atoms with E-state index >= 15 is 0 Å². The number of allylic oxidation sites excluding steroid dienone is 1. The second-order valence-electron chi connectivity index (χ2n) is 4.94. The van der Waals surface area contributed by atoms with Crippen LogP contribution < -0.4 is 5.56 Å². The lowest BCUT2D eigenvalue weighted by Gasteiger charge is -2.13. The van der Waals surface area contributed by atoms with E-state index in [1.165, 1.54) is 11.1 Å². The smallest absolute Gasteiger partial charge is 0.252 e. The first-order valence-corrected chi connectivity index (χ1v) is 6.64. The number of hydrogen-bond acceptors (Lipinski definition) is 2. The van der Waals surface area contributed by atoms with Crippen molar-refractivity contribution in [3.05, 3.63) is 52.0 Å². The topological polar surface area (TPSA) is 34.9 Å². The molecule has 2 aromatic heterocycles. The Morgan fingerprint density at radius 2 is 2.00 bits per heavy atom. The van der Waals surface area contributed by atoms with Gasteiger partial charge < -0.3 is 0 Å². The lowest BCUT2D eigenvalue weighted by Crippen LogP contribution is -2.21. The van der Waals surface area contributed by atoms with Gasteiger partial charge in [-0.15, -0.1) is 6.58 Å². The number of fused-ring (bicyclic) bond motifs is 1. The van der Waals surface area contributed by atoms with Crippen LogP contribution in [-0.2, 0) is 6.54 Å². The standard InChI is InChI=1S/C16H20N2O/c1-5-6-7-10-18-15(19)9-8-14-12(3)11(2)13(4)17-16(14)18/h5,8-9H,1,6-7,10H2,2-4H3. The highest BCUT2D eigenvalue weighted by molar-refractivity contribution is 5.80. The summed E-state index contributed by atoms with van der Waals surface area (Å²) in [7, 11) is 0. The van der Waals surface area contributed by atoms with Crippen LogP contribution in [0.1, 0.15) is 29.7 Å². The van der Waals surface area contributed by atoms with E-state index in [1.807, 2.05) is 19.1 Å². The molecular weight excluding hydrogens is 236 g/mol. The van der Waals surface area contributed by atoms with Gasteiger partial charge in [-0.2, -0.15) is 0 Å². The van der Waals surface area contributed by atoms with E-state index < -0.39 is 0 Å². The van der Waals surface area contributed by atoms with E-state index in [9.17, 15) is 4.79 Å². The van der Waals surface area contributed by atoms with Crippen LogP contribution >= 0.6 is 0 Å². The van der Waals surface area contributed by atoms with Crippen LogP contribution in [0.5, 0.6) is 0 Å². The summed E-state index contributed by atoms with van der Waals surface area (Å²) in [6.07, 6.45) is 3.70. The molecule has 2 rings (SSSR count). The fraction of sp³-hybridized carbons (Fsp3) is 0.375. The lowest BCUT2D eigenvalue weighted by atomic mass is 10.1. The van der Waals surface area contributed by atoms with Crippen molar-refractivity contribution in [3.63, 3.8) is 0 Å². The van der Waals surface area contributed by atoms with Crippen molar-refractivity contribution < 1.29 is 0 Å². The molecule has 0 bridgehead atoms. The van der Waals surface area contributed by atoms with Gasteiger partial charge in [0.05, 0.1) is 0 Å². The average Bonchev–Trinajstić information content (AvgIpc) is 2.39. The second-order valence-corrected chi connectivity index (χ2v) is 4.94. The maximum absolute atomic E-state index is 12.0. The molecule has 2 aromatic rings. The van der Waals surface area contributed by atoms with Crippen LogP contribution in [0.15, 0.2) is 29.6 Å². The zero-order valence-corrected chi connectivity index (χ0v) is 11.9. The number of nitrogens with zero attached hydrogens (tertiary/aromatic N) is 2. The third-order valence-corrected chi connectivity index (χ3v) is 3.73. The minimum absolute atomic E-state index is 0.0201. The molecular formula is C16H20N2O. The molecule has 100 valence electrons. The van der Waals surface area contributed by atoms with E-state index in [0.29, 0.717) is 6.54 Å². The first-order valence-electron chi connectivity index (χ1n) is 6.64. The fourth-order valence-electron chi connectivity index (χ4n) is 2.31. The van der Waals surface area contributed by atoms with Crippen LogP contribution in [0, 0.1) is 20.8 Å². The Kier molecular flexibility index (Phi) is 3.84. The number of aryl methyl sites for hydroxylation is 3. The van der Waals surface area contributed by atoms with Crippen LogP contribution in [0.4, 0.5) is 0 Å². The van der Waals surface area contributed by atoms with Gasteiger partial charge in [-0.25, -0.2) is 4.98 Å². The summed E-state index contributed by atoms with van der Waals surface area (Å²) < 4.78 is 1.78. The largest absolute Gasteiger partial charge is 0.293 e. The van der Waals surface area contributed by atoms with E-state index in [4.69, 9.17) is 0 Å². The Bertz CT molecular complexity index is 683. The Morgan fingerprint density at radius 3 is 2.68 bits per heavy atom. The summed E-state index contributed by atoms with van der Waals surface area (Å²) in [4.78, 5) is 16.6. The van der Waals surface area contributed by atoms with Crippen molar-refractivity contribution in [3.8, 4) is 0 Å². The van der Waals surface area contributed by atoms with Gasteiger partial charge in [-0.05, 0) is 50.8 Å². The highest BCUT2D eigenvalue weighted by Crippen LogP contribution is 2.20. The molecule has 19 heavy (non-hydrogen) atoms. The van der Waals surface area contributed by atoms with E-state index in [-0.39, 0.29) is 5.56 Å². The van der Waals surface area contributed by atoms with Gasteiger partial charge in [0, 0.05) is 23.7 Å². The van der Waals surface area contributed by atoms with E-state index in [0.717, 1.165) is 29.6 Å². The normalized spacial score (nSPS) is 10.9. The molecule has 0 aliphatic carbocycles. The maximum atomic E-state index is 12.0. The summed E-state index contributed by atoms with van der Waals surface area (Å²) in [5, 5.41) is 1.07. The molecule has 0 spiro atoms. The SMILES string of the molecule is C=CCCCn1c(=O)ccc2c(C)c(C)c(C)nc21. The average molecular weight is 256 g/mol. The van der Waals surface area contributed by atoms with E-state index in [1.54, 1.807) is 10.6 Å². The molecule has 0 fully saturated rings. The molecule has 0 atom stereocenters. The first kappa shape index (κ1) is 13.5. The van der Waals surface area contributed by atoms with Gasteiger partial charge in [0.2, 0.25) is 0 Å². The minimum Gasteiger partial charge on any atom is -0.293 e. The summed E-state index contributed by atoms with van der Waals surface area (Å²) >= 11 is 0. The molecule has 3 heteroatoms. The molecule has 0 saturated carbocycles. The Balaban J connectivity index is 2.65. The first-order chi connectivity index (χ1) is 9.06. The van der Waals surface area contributed by atoms with Crippen molar-refractivity contribution >= 4 is 11.0 Å². The molecule has 0 aromatic carbocycles. The minimum atomic E-state index is 0.0201. The number of pyridine rings is 2. The Morgan fingerprint density at radius 1 is 1.26 bits per heavy atom. The summed E-state index contributed by atoms with van der Waals surface area (Å²) in [5.74, 6) is 0. The van der Waals surface area contributed by atoms with Crippen molar-refractivity contribution in [2.24, 2.45) is 0 Å². The van der Waals surface area contributed by atoms with Gasteiger partial charge in [-0.3, -0.25) is 9.36 Å². The molecule has 0 amide bonds. The Hall–Kier alpha value is -1.90. The third kappa shape index (κ3) is 2.46. The third-order valence-electron chi connectivity index (χ3n) is 3.73. The molecule has 0 aliphatic rings. The van der Waals surface area contributed by atoms with Gasteiger partial charge in [-0.1, -0.05) is 6.08 Å². The number of unbranched alkanes of at least 4 members (excludes halogenated alkanes) is 1. The Labute approximate surface area is 113 Å². The molecule has 0 aliphatic heterocycles. The quantitative estimate of drug-likeness (QED) is 0.621. The highest BCUT2D eigenvalue weighted by Gasteiger charge is 2.10. The molecule has 0 saturated heterocycles. The van der Waals surface area contributed by atoms with Gasteiger partial charge >= 0.3 is 0 Å². The zero-order chi connectivity index (χ0) is 14.0. The molecule has 3 nitrogen and oxygen atoms in total. The van der Waals surface area contributed by atoms with Crippen molar-refractivity contribution in [2.75, 3.05) is 0 Å². The van der Waals surface area contributed by atoms with Crippen LogP contribution in [0.25, 0.3) is 11.0 Å². The van der Waals surface area contributed by atoms with Crippen LogP contribution in [0.2, 0.25) is 0 Å². The monoisotopic (exact) mass is 256 g/mol. The maximum Gasteiger partial charge on any atom is 0.252 e. The van der Waals surface area contributed by atoms with Gasteiger partial charge in [0.1, 0.15) is 5.65 Å². The fourth-order valence-corrected chi connectivity index (χ4v) is 2.31. The van der Waals surface area contributed by atoms with Crippen molar-refractivity contribution in [2.45, 2.75) is 40.2 Å². The van der Waals surface area contributed by atoms with Gasteiger partial charge in [0.15, 0.2) is 0 Å². The summed E-state index contributed by atoms with van der Waals surface area (Å²) in [6, 6.07) is 3.52. The highest BCUT2D eigenvalue weighted by atomic mass is 16.1. The molecule has 2 heterocycles. The lowest BCUT2D eigenvalue weighted by molar-refractivity contribution is 0.644. The number of hydrogen-bond donors (Lipinski definition) is 0. The second kappa shape index (κ2) is 5.39. The van der Waals surface area contributed by atoms with Gasteiger partial charge in [0.25, 0.3) is 5.56 Å². The molecule has 0 radical (unpaired) electrons. The molecule has 0 N–H and O–H groups in total. The number of rotatable bonds is 4. The summed E-state index contributed by atoms with van der Waals surface area (Å²) in [5.41, 5.74) is 4.22. The van der Waals surface area contributed by atoms with Crippen molar-refractivity contribution in [1.29, 1.82) is 0 Å². The molecule has 0 unspecified atom stereocenters. The van der Waals surface area contributed by atoms with E-state index in [2.05, 4.69) is 25.4 Å². The van der Waals surface area contributed by atoms with Crippen LogP contribution in [-0.4, -0.2) is 9.55 Å². The zero-order valence-electron chi connectivity index (χ0n) is 11.9. The number of aromatic nitrogens is 2. The van der Waals surface area contributed by atoms with Crippen LogP contribution in [0.3, 0.4) is 0 Å². The summed E-state index contributed by atoms with van der Waals surface area (Å²) in [6.45, 7) is 10.6. The van der Waals surface area contributed by atoms with Crippen molar-refractivity contribution in [1.82, 2.24) is 9.55 Å². The predicted molar refractivity (Wildman–Crippen MR) is 79.6 cm³/mol. The predicted octanol–water partition coefficient (Wildman–Crippen LogP) is 3.29.